The summed E-state index contributed by atoms with van der Waals surface area (Å²) in [5.74, 6) is -7.24. The van der Waals surface area contributed by atoms with Crippen LogP contribution in [0, 0.1) is 23.7 Å². The first kappa shape index (κ1) is 20.1. The van der Waals surface area contributed by atoms with Crippen LogP contribution in [0.1, 0.15) is 33.6 Å². The highest BCUT2D eigenvalue weighted by Gasteiger charge is 2.77. The number of carbonyl (C=O) groups excluding carboxylic acids is 2. The zero-order chi connectivity index (χ0) is 20.0. The molecule has 26 heavy (non-hydrogen) atoms. The molecule has 2 saturated carbocycles. The Labute approximate surface area is 150 Å². The van der Waals surface area contributed by atoms with Gasteiger partial charge < -0.3 is 21.1 Å². The SMILES string of the molecule is CCC(=O)N(NC(=O)C(N)C(C)C)[C@@]1(C(=O)O)C[C@H](O)[C@H]2[C@H](C(=O)O)[C@H]21. The van der Waals surface area contributed by atoms with Crippen molar-refractivity contribution >= 4 is 23.8 Å². The predicted octanol–water partition coefficient (Wildman–Crippen LogP) is -1.23. The Hall–Kier alpha value is -2.20. The molecule has 2 fully saturated rings. The quantitative estimate of drug-likeness (QED) is 0.361. The molecule has 2 amide bonds. The Morgan fingerprint density at radius 1 is 1.27 bits per heavy atom. The fourth-order valence-electron chi connectivity index (χ4n) is 3.93. The van der Waals surface area contributed by atoms with E-state index in [-0.39, 0.29) is 18.8 Å². The summed E-state index contributed by atoms with van der Waals surface area (Å²) in [5.41, 5.74) is 6.04. The Bertz CT molecular complexity index is 637. The average molecular weight is 371 g/mol. The molecule has 0 aromatic rings. The van der Waals surface area contributed by atoms with Crippen LogP contribution >= 0.6 is 0 Å². The van der Waals surface area contributed by atoms with Gasteiger partial charge in [0, 0.05) is 24.7 Å². The van der Waals surface area contributed by atoms with Crippen molar-refractivity contribution in [2.45, 2.75) is 51.3 Å². The van der Waals surface area contributed by atoms with Gasteiger partial charge in [0.05, 0.1) is 18.1 Å². The van der Waals surface area contributed by atoms with E-state index in [0.29, 0.717) is 5.01 Å². The number of nitrogens with one attached hydrogen (secondary N) is 1. The lowest BCUT2D eigenvalue weighted by atomic mass is 9.88. The average Bonchev–Trinajstić information content (AvgIpc) is 3.25. The zero-order valence-electron chi connectivity index (χ0n) is 14.9. The van der Waals surface area contributed by atoms with Gasteiger partial charge in [-0.3, -0.25) is 19.8 Å². The molecule has 10 nitrogen and oxygen atoms in total. The number of nitrogens with zero attached hydrogens (tertiary/aromatic N) is 1. The second kappa shape index (κ2) is 6.84. The van der Waals surface area contributed by atoms with Gasteiger partial charge in [-0.1, -0.05) is 20.8 Å². The predicted molar refractivity (Wildman–Crippen MR) is 87.2 cm³/mol. The molecule has 2 aliphatic carbocycles. The number of nitrogens with two attached hydrogens (primary N) is 1. The van der Waals surface area contributed by atoms with Gasteiger partial charge >= 0.3 is 11.9 Å². The number of carbonyl (C=O) groups is 4. The van der Waals surface area contributed by atoms with Crippen LogP contribution in [0.25, 0.3) is 0 Å². The van der Waals surface area contributed by atoms with E-state index >= 15 is 0 Å². The van der Waals surface area contributed by atoms with Crippen molar-refractivity contribution in [2.75, 3.05) is 0 Å². The first-order valence-electron chi connectivity index (χ1n) is 8.54. The lowest BCUT2D eigenvalue weighted by molar-refractivity contribution is -0.170. The van der Waals surface area contributed by atoms with Crippen LogP contribution in [0.4, 0.5) is 0 Å². The van der Waals surface area contributed by atoms with Crippen LogP contribution in [0.2, 0.25) is 0 Å². The number of rotatable bonds is 6. The van der Waals surface area contributed by atoms with Gasteiger partial charge in [0.15, 0.2) is 5.54 Å². The second-order valence-corrected chi connectivity index (χ2v) is 7.30. The van der Waals surface area contributed by atoms with Crippen molar-refractivity contribution in [2.24, 2.45) is 29.4 Å². The Morgan fingerprint density at radius 3 is 2.23 bits per heavy atom. The molecule has 0 heterocycles. The molecule has 0 spiro atoms. The molecule has 0 aromatic carbocycles. The van der Waals surface area contributed by atoms with Crippen molar-refractivity contribution in [1.29, 1.82) is 0 Å². The van der Waals surface area contributed by atoms with Crippen LogP contribution < -0.4 is 11.2 Å². The number of aliphatic hydroxyl groups excluding tert-OH is 1. The number of aliphatic carboxylic acids is 2. The van der Waals surface area contributed by atoms with Gasteiger partial charge in [-0.15, -0.1) is 0 Å². The molecule has 0 radical (unpaired) electrons. The van der Waals surface area contributed by atoms with Crippen LogP contribution in [-0.2, 0) is 19.2 Å². The number of aliphatic hydroxyl groups is 1. The number of amides is 2. The topological polar surface area (TPSA) is 170 Å². The normalized spacial score (nSPS) is 33.3. The molecule has 146 valence electrons. The summed E-state index contributed by atoms with van der Waals surface area (Å²) in [4.78, 5) is 48.4. The van der Waals surface area contributed by atoms with Gasteiger partial charge in [-0.05, 0) is 5.92 Å². The highest BCUT2D eigenvalue weighted by atomic mass is 16.4. The minimum absolute atomic E-state index is 0.114. The smallest absolute Gasteiger partial charge is 0.332 e. The van der Waals surface area contributed by atoms with Gasteiger partial charge in [0.2, 0.25) is 5.91 Å². The Balaban J connectivity index is 2.43. The summed E-state index contributed by atoms with van der Waals surface area (Å²) in [7, 11) is 0. The number of hydrogen-bond donors (Lipinski definition) is 5. The van der Waals surface area contributed by atoms with E-state index in [1.54, 1.807) is 13.8 Å². The summed E-state index contributed by atoms with van der Waals surface area (Å²) >= 11 is 0. The van der Waals surface area contributed by atoms with E-state index in [4.69, 9.17) is 5.73 Å². The molecule has 0 saturated heterocycles. The Morgan fingerprint density at radius 2 is 1.85 bits per heavy atom. The fourth-order valence-corrected chi connectivity index (χ4v) is 3.93. The molecular formula is C16H25N3O7. The molecule has 10 heteroatoms. The van der Waals surface area contributed by atoms with Gasteiger partial charge in [-0.2, -0.15) is 0 Å². The highest BCUT2D eigenvalue weighted by molar-refractivity contribution is 5.93. The molecule has 1 unspecified atom stereocenters. The van der Waals surface area contributed by atoms with Gasteiger partial charge in [0.1, 0.15) is 0 Å². The van der Waals surface area contributed by atoms with Gasteiger partial charge in [-0.25, -0.2) is 9.80 Å². The monoisotopic (exact) mass is 371 g/mol. The van der Waals surface area contributed by atoms with Crippen molar-refractivity contribution in [3.05, 3.63) is 0 Å². The van der Waals surface area contributed by atoms with E-state index in [1.807, 2.05) is 0 Å². The molecule has 0 aliphatic heterocycles. The van der Waals surface area contributed by atoms with Crippen LogP contribution in [-0.4, -0.2) is 61.8 Å². The number of fused-ring (bicyclic) bond motifs is 1. The maximum atomic E-state index is 12.5. The standard InChI is InChI=1S/C16H25N3O7/c1-4-8(21)19(18-13(22)12(17)6(2)3)16(15(25)26)5-7(20)9-10(11(9)16)14(23)24/h6-7,9-12,20H,4-5,17H2,1-3H3,(H,18,22)(H,23,24)(H,25,26)/t7-,9-,10-,11-,12?,16-/m0/s1. The third-order valence-electron chi connectivity index (χ3n) is 5.44. The minimum atomic E-state index is -2.02. The third kappa shape index (κ3) is 2.92. The lowest BCUT2D eigenvalue weighted by Gasteiger charge is -2.40. The van der Waals surface area contributed by atoms with Crippen molar-refractivity contribution in [3.63, 3.8) is 0 Å². The third-order valence-corrected chi connectivity index (χ3v) is 5.44. The molecular weight excluding hydrogens is 346 g/mol. The van der Waals surface area contributed by atoms with Crippen molar-refractivity contribution in [1.82, 2.24) is 10.4 Å². The molecule has 0 bridgehead atoms. The largest absolute Gasteiger partial charge is 0.481 e. The molecule has 2 aliphatic rings. The first-order valence-corrected chi connectivity index (χ1v) is 8.54. The highest BCUT2D eigenvalue weighted by Crippen LogP contribution is 2.64. The number of hydrazine groups is 1. The van der Waals surface area contributed by atoms with Crippen LogP contribution in [0.15, 0.2) is 0 Å². The Kier molecular flexibility index (Phi) is 5.29. The molecule has 0 aromatic heterocycles. The zero-order valence-corrected chi connectivity index (χ0v) is 14.9. The van der Waals surface area contributed by atoms with Gasteiger partial charge in [0.25, 0.3) is 5.91 Å². The summed E-state index contributed by atoms with van der Waals surface area (Å²) in [6.07, 6.45) is -1.66. The minimum Gasteiger partial charge on any atom is -0.481 e. The van der Waals surface area contributed by atoms with E-state index in [9.17, 15) is 34.5 Å². The van der Waals surface area contributed by atoms with E-state index in [1.165, 1.54) is 6.92 Å². The van der Waals surface area contributed by atoms with Crippen molar-refractivity contribution in [3.8, 4) is 0 Å². The molecule has 6 atom stereocenters. The summed E-state index contributed by atoms with van der Waals surface area (Å²) in [6.45, 7) is 4.88. The lowest BCUT2D eigenvalue weighted by Crippen LogP contribution is -2.66. The molecule has 6 N–H and O–H groups in total. The summed E-state index contributed by atoms with van der Waals surface area (Å²) < 4.78 is 0. The maximum Gasteiger partial charge on any atom is 0.332 e. The van der Waals surface area contributed by atoms with Crippen LogP contribution in [0.5, 0.6) is 0 Å². The maximum absolute atomic E-state index is 12.5. The second-order valence-electron chi connectivity index (χ2n) is 7.30. The molecule has 2 rings (SSSR count). The summed E-state index contributed by atoms with van der Waals surface area (Å²) in [6, 6.07) is -0.982. The number of carboxylic acids is 2. The number of carboxylic acid groups (broad SMARTS) is 2. The summed E-state index contributed by atoms with van der Waals surface area (Å²) in [5, 5.41) is 30.0. The first-order chi connectivity index (χ1) is 12.0. The van der Waals surface area contributed by atoms with Crippen molar-refractivity contribution < 1.29 is 34.5 Å². The van der Waals surface area contributed by atoms with E-state index < -0.39 is 59.2 Å². The van der Waals surface area contributed by atoms with E-state index in [0.717, 1.165) is 0 Å². The van der Waals surface area contributed by atoms with E-state index in [2.05, 4.69) is 5.43 Å². The number of hydrogen-bond acceptors (Lipinski definition) is 6. The fraction of sp³-hybridized carbons (Fsp3) is 0.750. The van der Waals surface area contributed by atoms with Crippen LogP contribution in [0.3, 0.4) is 0 Å².